The predicted octanol–water partition coefficient (Wildman–Crippen LogP) is 3.25. The maximum Gasteiger partial charge on any atom is 0.270 e. The summed E-state index contributed by atoms with van der Waals surface area (Å²) in [6.45, 7) is 8.05. The SMILES string of the molecule is COc1ccc(NCC(=O)NNC(=O)c2cc(C3CC3)nc3c2c(C)nn3C(C)(C)C)cc1. The second-order valence-electron chi connectivity index (χ2n) is 9.32. The van der Waals surface area contributed by atoms with E-state index in [9.17, 15) is 9.59 Å². The molecule has 0 atom stereocenters. The molecule has 3 N–H and O–H groups in total. The van der Waals surface area contributed by atoms with Crippen molar-refractivity contribution in [2.24, 2.45) is 0 Å². The predicted molar refractivity (Wildman–Crippen MR) is 126 cm³/mol. The summed E-state index contributed by atoms with van der Waals surface area (Å²) in [5, 5.41) is 8.38. The first kappa shape index (κ1) is 22.6. The number of aryl methyl sites for hydroxylation is 1. The number of carbonyl (C=O) groups is 2. The van der Waals surface area contributed by atoms with Gasteiger partial charge in [0.2, 0.25) is 0 Å². The molecule has 3 aromatic rings. The molecule has 0 unspecified atom stereocenters. The van der Waals surface area contributed by atoms with Gasteiger partial charge in [-0.05, 0) is 70.9 Å². The van der Waals surface area contributed by atoms with Gasteiger partial charge in [-0.25, -0.2) is 9.67 Å². The number of ether oxygens (including phenoxy) is 1. The summed E-state index contributed by atoms with van der Waals surface area (Å²) in [7, 11) is 1.60. The lowest BCUT2D eigenvalue weighted by molar-refractivity contribution is -0.120. The lowest BCUT2D eigenvalue weighted by Crippen LogP contribution is -2.44. The third-order valence-electron chi connectivity index (χ3n) is 5.57. The second kappa shape index (κ2) is 8.73. The molecule has 0 spiro atoms. The number of anilines is 1. The zero-order valence-corrected chi connectivity index (χ0v) is 19.7. The van der Waals surface area contributed by atoms with Gasteiger partial charge in [0.15, 0.2) is 5.65 Å². The molecule has 4 rings (SSSR count). The summed E-state index contributed by atoms with van der Waals surface area (Å²) >= 11 is 0. The average Bonchev–Trinajstić information content (AvgIpc) is 3.58. The number of carbonyl (C=O) groups excluding carboxylic acids is 2. The van der Waals surface area contributed by atoms with Crippen LogP contribution in [-0.2, 0) is 10.3 Å². The second-order valence-corrected chi connectivity index (χ2v) is 9.32. The van der Waals surface area contributed by atoms with Crippen molar-refractivity contribution in [3.63, 3.8) is 0 Å². The largest absolute Gasteiger partial charge is 0.497 e. The molecule has 2 heterocycles. The molecule has 33 heavy (non-hydrogen) atoms. The van der Waals surface area contributed by atoms with Crippen LogP contribution in [0.1, 0.15) is 61.3 Å². The van der Waals surface area contributed by atoms with Crippen LogP contribution >= 0.6 is 0 Å². The Morgan fingerprint density at radius 3 is 2.45 bits per heavy atom. The Hall–Kier alpha value is -3.62. The molecule has 0 bridgehead atoms. The topological polar surface area (TPSA) is 110 Å². The van der Waals surface area contributed by atoms with Gasteiger partial charge in [-0.3, -0.25) is 20.4 Å². The van der Waals surface area contributed by atoms with E-state index in [0.717, 1.165) is 35.7 Å². The fourth-order valence-corrected chi connectivity index (χ4v) is 3.67. The molecule has 1 aliphatic rings. The Kier molecular flexibility index (Phi) is 5.97. The van der Waals surface area contributed by atoms with Crippen LogP contribution in [0.2, 0.25) is 0 Å². The van der Waals surface area contributed by atoms with Crippen LogP contribution < -0.4 is 20.9 Å². The number of nitrogens with one attached hydrogen (secondary N) is 3. The van der Waals surface area contributed by atoms with Gasteiger partial charge in [0.1, 0.15) is 5.75 Å². The van der Waals surface area contributed by atoms with Crippen LogP contribution in [0.5, 0.6) is 5.75 Å². The standard InChI is InChI=1S/C24H30N6O3/c1-14-21-18(12-19(15-6-7-15)26-22(21)30(29-14)24(2,3)4)23(32)28-27-20(31)13-25-16-8-10-17(33-5)11-9-16/h8-12,15,25H,6-7,13H2,1-5H3,(H,27,31)(H,28,32). The monoisotopic (exact) mass is 450 g/mol. The summed E-state index contributed by atoms with van der Waals surface area (Å²) in [5.41, 5.74) is 8.31. The van der Waals surface area contributed by atoms with Gasteiger partial charge in [-0.2, -0.15) is 5.10 Å². The summed E-state index contributed by atoms with van der Waals surface area (Å²) in [6.07, 6.45) is 2.13. The minimum Gasteiger partial charge on any atom is -0.497 e. The third kappa shape index (κ3) is 4.92. The number of methoxy groups -OCH3 is 1. The van der Waals surface area contributed by atoms with E-state index in [4.69, 9.17) is 9.72 Å². The van der Waals surface area contributed by atoms with Crippen molar-refractivity contribution in [2.45, 2.75) is 52.0 Å². The fraction of sp³-hybridized carbons (Fsp3) is 0.417. The van der Waals surface area contributed by atoms with Gasteiger partial charge in [-0.15, -0.1) is 0 Å². The first-order valence-corrected chi connectivity index (χ1v) is 11.0. The van der Waals surface area contributed by atoms with E-state index in [1.54, 1.807) is 19.2 Å². The highest BCUT2D eigenvalue weighted by atomic mass is 16.5. The van der Waals surface area contributed by atoms with Crippen molar-refractivity contribution in [3.05, 3.63) is 47.3 Å². The lowest BCUT2D eigenvalue weighted by atomic mass is 10.1. The molecule has 1 fully saturated rings. The molecule has 0 saturated heterocycles. The number of rotatable bonds is 6. The van der Waals surface area contributed by atoms with Crippen molar-refractivity contribution >= 4 is 28.5 Å². The number of aromatic nitrogens is 3. The Bertz CT molecular complexity index is 1190. The molecule has 174 valence electrons. The first-order valence-electron chi connectivity index (χ1n) is 11.0. The summed E-state index contributed by atoms with van der Waals surface area (Å²) in [6, 6.07) is 9.06. The summed E-state index contributed by atoms with van der Waals surface area (Å²) in [5.74, 6) is 0.345. The van der Waals surface area contributed by atoms with Crippen molar-refractivity contribution in [1.29, 1.82) is 0 Å². The van der Waals surface area contributed by atoms with E-state index in [-0.39, 0.29) is 18.0 Å². The molecular formula is C24H30N6O3. The van der Waals surface area contributed by atoms with Crippen molar-refractivity contribution in [1.82, 2.24) is 25.6 Å². The average molecular weight is 451 g/mol. The molecule has 9 heteroatoms. The highest BCUT2D eigenvalue weighted by Gasteiger charge is 2.30. The van der Waals surface area contributed by atoms with E-state index >= 15 is 0 Å². The van der Waals surface area contributed by atoms with E-state index < -0.39 is 5.91 Å². The fourth-order valence-electron chi connectivity index (χ4n) is 3.67. The molecule has 2 aromatic heterocycles. The zero-order valence-electron chi connectivity index (χ0n) is 19.7. The van der Waals surface area contributed by atoms with Gasteiger partial charge in [0.25, 0.3) is 11.8 Å². The van der Waals surface area contributed by atoms with Crippen LogP contribution in [0.15, 0.2) is 30.3 Å². The van der Waals surface area contributed by atoms with Gasteiger partial charge >= 0.3 is 0 Å². The molecule has 0 radical (unpaired) electrons. The number of nitrogens with zero attached hydrogens (tertiary/aromatic N) is 3. The normalized spacial score (nSPS) is 13.6. The van der Waals surface area contributed by atoms with Crippen LogP contribution in [0.25, 0.3) is 11.0 Å². The van der Waals surface area contributed by atoms with Crippen LogP contribution in [0, 0.1) is 6.92 Å². The molecule has 1 aromatic carbocycles. The number of pyridine rings is 1. The number of fused-ring (bicyclic) bond motifs is 1. The van der Waals surface area contributed by atoms with Gasteiger partial charge in [0, 0.05) is 17.3 Å². The molecule has 9 nitrogen and oxygen atoms in total. The van der Waals surface area contributed by atoms with Gasteiger partial charge < -0.3 is 10.1 Å². The van der Waals surface area contributed by atoms with Crippen molar-refractivity contribution in [2.75, 3.05) is 19.0 Å². The molecule has 2 amide bonds. The van der Waals surface area contributed by atoms with Crippen LogP contribution in [0.4, 0.5) is 5.69 Å². The molecule has 0 aliphatic heterocycles. The van der Waals surface area contributed by atoms with Crippen LogP contribution in [-0.4, -0.2) is 40.2 Å². The molecule has 1 saturated carbocycles. The highest BCUT2D eigenvalue weighted by Crippen LogP contribution is 2.40. The number of hydrogen-bond donors (Lipinski definition) is 3. The lowest BCUT2D eigenvalue weighted by Gasteiger charge is -2.20. The Labute approximate surface area is 192 Å². The maximum absolute atomic E-state index is 13.1. The molecule has 1 aliphatic carbocycles. The number of benzene rings is 1. The first-order chi connectivity index (χ1) is 15.7. The smallest absolute Gasteiger partial charge is 0.270 e. The summed E-state index contributed by atoms with van der Waals surface area (Å²) in [4.78, 5) is 30.2. The highest BCUT2D eigenvalue weighted by molar-refractivity contribution is 6.07. The summed E-state index contributed by atoms with van der Waals surface area (Å²) < 4.78 is 7.00. The van der Waals surface area contributed by atoms with E-state index in [1.165, 1.54) is 0 Å². The Morgan fingerprint density at radius 2 is 1.85 bits per heavy atom. The number of amides is 2. The van der Waals surface area contributed by atoms with Crippen molar-refractivity contribution < 1.29 is 14.3 Å². The zero-order chi connectivity index (χ0) is 23.8. The maximum atomic E-state index is 13.1. The van der Waals surface area contributed by atoms with Crippen molar-refractivity contribution in [3.8, 4) is 5.75 Å². The quantitative estimate of drug-likeness (QED) is 0.497. The van der Waals surface area contributed by atoms with E-state index in [0.29, 0.717) is 22.5 Å². The van der Waals surface area contributed by atoms with E-state index in [2.05, 4.69) is 42.0 Å². The minimum atomic E-state index is -0.390. The minimum absolute atomic E-state index is 0.00662. The third-order valence-corrected chi connectivity index (χ3v) is 5.57. The number of hydrogen-bond acceptors (Lipinski definition) is 6. The Morgan fingerprint density at radius 1 is 1.15 bits per heavy atom. The Balaban J connectivity index is 1.49. The van der Waals surface area contributed by atoms with Gasteiger partial charge in [-0.1, -0.05) is 0 Å². The number of hydrazine groups is 1. The molecular weight excluding hydrogens is 420 g/mol. The van der Waals surface area contributed by atoms with E-state index in [1.807, 2.05) is 29.8 Å². The van der Waals surface area contributed by atoms with Gasteiger partial charge in [0.05, 0.1) is 35.8 Å². The van der Waals surface area contributed by atoms with Crippen LogP contribution in [0.3, 0.4) is 0 Å².